The molecular weight excluding hydrogens is 449 g/mol. The Morgan fingerprint density at radius 2 is 1.69 bits per heavy atom. The molecule has 6 N–H and O–H groups in total. The van der Waals surface area contributed by atoms with E-state index < -0.39 is 18.0 Å². The van der Waals surface area contributed by atoms with Gasteiger partial charge in [-0.05, 0) is 37.3 Å². The van der Waals surface area contributed by atoms with Gasteiger partial charge in [0.1, 0.15) is 5.84 Å². The van der Waals surface area contributed by atoms with Gasteiger partial charge >= 0.3 is 0 Å². The fourth-order valence-corrected chi connectivity index (χ4v) is 3.94. The number of carbonyl (C=O) groups excluding carboxylic acids is 2. The zero-order chi connectivity index (χ0) is 21.8. The molecule has 9 heteroatoms. The Morgan fingerprint density at radius 1 is 1.09 bits per heavy atom. The predicted octanol–water partition coefficient (Wildman–Crippen LogP) is 2.47. The monoisotopic (exact) mass is 479 g/mol. The Hall–Kier alpha value is -2.61. The Labute approximate surface area is 201 Å². The largest absolute Gasteiger partial charge is 0.384 e. The molecule has 2 aromatic carbocycles. The first-order valence-corrected chi connectivity index (χ1v) is 10.1. The number of carbonyl (C=O) groups is 2. The van der Waals surface area contributed by atoms with Crippen LogP contribution in [0.2, 0.25) is 0 Å². The van der Waals surface area contributed by atoms with Gasteiger partial charge in [-0.2, -0.15) is 0 Å². The molecule has 1 saturated heterocycles. The molecule has 7 nitrogen and oxygen atoms in total. The van der Waals surface area contributed by atoms with E-state index in [1.807, 2.05) is 30.9 Å². The van der Waals surface area contributed by atoms with Gasteiger partial charge in [0.2, 0.25) is 11.8 Å². The van der Waals surface area contributed by atoms with Gasteiger partial charge in [0.15, 0.2) is 0 Å². The number of benzene rings is 2. The second-order valence-corrected chi connectivity index (χ2v) is 7.96. The maximum absolute atomic E-state index is 12.8. The summed E-state index contributed by atoms with van der Waals surface area (Å²) in [5, 5.41) is 10.4. The van der Waals surface area contributed by atoms with E-state index in [9.17, 15) is 9.59 Å². The molecule has 2 unspecified atom stereocenters. The van der Waals surface area contributed by atoms with Crippen LogP contribution in [0.1, 0.15) is 41.5 Å². The number of halogens is 2. The SMILES string of the molecule is Cc1ccc(C2CC(C(N)=O)N([C@@H](C)C(=O)NCc3ccc(C(=N)N)cc3)C2)cc1.Cl.Cl. The molecule has 32 heavy (non-hydrogen) atoms. The summed E-state index contributed by atoms with van der Waals surface area (Å²) >= 11 is 0. The van der Waals surface area contributed by atoms with Crippen LogP contribution in [0.25, 0.3) is 0 Å². The maximum atomic E-state index is 12.8. The van der Waals surface area contributed by atoms with Crippen molar-refractivity contribution in [3.63, 3.8) is 0 Å². The van der Waals surface area contributed by atoms with Gasteiger partial charge in [-0.1, -0.05) is 54.1 Å². The Kier molecular flexibility index (Phi) is 10.2. The Morgan fingerprint density at radius 3 is 2.22 bits per heavy atom. The summed E-state index contributed by atoms with van der Waals surface area (Å²) in [6, 6.07) is 14.5. The number of nitrogen functional groups attached to an aromatic ring is 1. The second kappa shape index (κ2) is 11.9. The summed E-state index contributed by atoms with van der Waals surface area (Å²) in [5.41, 5.74) is 15.0. The summed E-state index contributed by atoms with van der Waals surface area (Å²) in [4.78, 5) is 26.7. The van der Waals surface area contributed by atoms with Crippen LogP contribution in [-0.2, 0) is 16.1 Å². The van der Waals surface area contributed by atoms with E-state index >= 15 is 0 Å². The lowest BCUT2D eigenvalue weighted by Crippen LogP contribution is -2.51. The molecule has 174 valence electrons. The number of primary amides is 1. The van der Waals surface area contributed by atoms with Crippen LogP contribution in [0.5, 0.6) is 0 Å². The van der Waals surface area contributed by atoms with Gasteiger partial charge in [-0.25, -0.2) is 0 Å². The molecule has 0 aliphatic carbocycles. The van der Waals surface area contributed by atoms with Crippen molar-refractivity contribution in [2.24, 2.45) is 11.5 Å². The van der Waals surface area contributed by atoms with Crippen molar-refractivity contribution >= 4 is 42.5 Å². The van der Waals surface area contributed by atoms with E-state index in [1.165, 1.54) is 5.56 Å². The van der Waals surface area contributed by atoms with Crippen molar-refractivity contribution in [3.8, 4) is 0 Å². The van der Waals surface area contributed by atoms with Crippen LogP contribution in [0.4, 0.5) is 0 Å². The topological polar surface area (TPSA) is 125 Å². The summed E-state index contributed by atoms with van der Waals surface area (Å²) in [6.45, 7) is 4.81. The third-order valence-corrected chi connectivity index (χ3v) is 5.83. The number of likely N-dealkylation sites (tertiary alicyclic amines) is 1. The summed E-state index contributed by atoms with van der Waals surface area (Å²) in [6.07, 6.45) is 0.614. The van der Waals surface area contributed by atoms with Gasteiger partial charge in [-0.3, -0.25) is 19.9 Å². The molecule has 3 rings (SSSR count). The third-order valence-electron chi connectivity index (χ3n) is 5.83. The highest BCUT2D eigenvalue weighted by atomic mass is 35.5. The minimum absolute atomic E-state index is 0. The second-order valence-electron chi connectivity index (χ2n) is 7.96. The van der Waals surface area contributed by atoms with Crippen molar-refractivity contribution in [2.75, 3.05) is 6.54 Å². The number of hydrogen-bond acceptors (Lipinski definition) is 4. The normalized spacial score (nSPS) is 18.7. The molecule has 1 aliphatic rings. The Bertz CT molecular complexity index is 934. The number of rotatable bonds is 7. The molecule has 2 amide bonds. The van der Waals surface area contributed by atoms with Crippen LogP contribution < -0.4 is 16.8 Å². The predicted molar refractivity (Wildman–Crippen MR) is 131 cm³/mol. The van der Waals surface area contributed by atoms with E-state index in [4.69, 9.17) is 16.9 Å². The van der Waals surface area contributed by atoms with E-state index in [0.717, 1.165) is 11.1 Å². The van der Waals surface area contributed by atoms with Crippen molar-refractivity contribution < 1.29 is 9.59 Å². The number of aryl methyl sites for hydroxylation is 1. The van der Waals surface area contributed by atoms with Crippen LogP contribution >= 0.6 is 24.8 Å². The molecule has 0 radical (unpaired) electrons. The number of nitrogens with one attached hydrogen (secondary N) is 2. The first-order chi connectivity index (χ1) is 14.3. The molecule has 0 saturated carbocycles. The summed E-state index contributed by atoms with van der Waals surface area (Å²) < 4.78 is 0. The lowest BCUT2D eigenvalue weighted by atomic mass is 9.95. The summed E-state index contributed by atoms with van der Waals surface area (Å²) in [7, 11) is 0. The lowest BCUT2D eigenvalue weighted by molar-refractivity contribution is -0.129. The van der Waals surface area contributed by atoms with Gasteiger partial charge < -0.3 is 16.8 Å². The molecule has 0 bridgehead atoms. The molecule has 3 atom stereocenters. The maximum Gasteiger partial charge on any atom is 0.237 e. The number of hydrogen-bond donors (Lipinski definition) is 4. The highest BCUT2D eigenvalue weighted by Gasteiger charge is 2.40. The average Bonchev–Trinajstić information content (AvgIpc) is 3.18. The van der Waals surface area contributed by atoms with Gasteiger partial charge in [-0.15, -0.1) is 24.8 Å². The molecule has 0 spiro atoms. The highest BCUT2D eigenvalue weighted by molar-refractivity contribution is 5.94. The van der Waals surface area contributed by atoms with Gasteiger partial charge in [0, 0.05) is 18.7 Å². The smallest absolute Gasteiger partial charge is 0.237 e. The zero-order valence-corrected chi connectivity index (χ0v) is 19.8. The molecule has 2 aromatic rings. The van der Waals surface area contributed by atoms with Crippen molar-refractivity contribution in [3.05, 3.63) is 70.8 Å². The summed E-state index contributed by atoms with van der Waals surface area (Å²) in [5.74, 6) is -0.378. The Balaban J connectivity index is 0.00000256. The van der Waals surface area contributed by atoms with Crippen molar-refractivity contribution in [1.82, 2.24) is 10.2 Å². The fourth-order valence-electron chi connectivity index (χ4n) is 3.94. The lowest BCUT2D eigenvalue weighted by Gasteiger charge is -2.28. The zero-order valence-electron chi connectivity index (χ0n) is 18.2. The number of amidine groups is 1. The van der Waals surface area contributed by atoms with E-state index in [1.54, 1.807) is 12.1 Å². The van der Waals surface area contributed by atoms with Gasteiger partial charge in [0.05, 0.1) is 12.1 Å². The number of nitrogens with zero attached hydrogens (tertiary/aromatic N) is 1. The number of amides is 2. The van der Waals surface area contributed by atoms with E-state index in [0.29, 0.717) is 25.1 Å². The standard InChI is InChI=1S/C23H29N5O2.2ClH/c1-14-3-7-17(8-4-14)19-11-20(22(26)29)28(13-19)15(2)23(30)27-12-16-5-9-18(10-6-16)21(24)25;;/h3-10,15,19-20H,11-13H2,1-2H3,(H3,24,25)(H2,26,29)(H,27,30);2*1H/t15-,19?,20?;;/m0../s1. The van der Waals surface area contributed by atoms with Crippen molar-refractivity contribution in [2.45, 2.75) is 44.8 Å². The quantitative estimate of drug-likeness (QED) is 0.359. The first kappa shape index (κ1) is 27.4. The molecule has 0 aromatic heterocycles. The van der Waals surface area contributed by atoms with E-state index in [-0.39, 0.29) is 42.5 Å². The first-order valence-electron chi connectivity index (χ1n) is 10.1. The molecular formula is C23H31Cl2N5O2. The van der Waals surface area contributed by atoms with Crippen LogP contribution in [-0.4, -0.2) is 41.2 Å². The molecule has 1 aliphatic heterocycles. The van der Waals surface area contributed by atoms with Crippen LogP contribution in [0.15, 0.2) is 48.5 Å². The minimum Gasteiger partial charge on any atom is -0.384 e. The van der Waals surface area contributed by atoms with Crippen LogP contribution in [0.3, 0.4) is 0 Å². The molecule has 1 heterocycles. The average molecular weight is 480 g/mol. The highest BCUT2D eigenvalue weighted by Crippen LogP contribution is 2.33. The third kappa shape index (κ3) is 6.45. The number of nitrogens with two attached hydrogens (primary N) is 2. The fraction of sp³-hybridized carbons (Fsp3) is 0.348. The van der Waals surface area contributed by atoms with Crippen molar-refractivity contribution in [1.29, 1.82) is 5.41 Å². The van der Waals surface area contributed by atoms with Gasteiger partial charge in [0.25, 0.3) is 0 Å². The van der Waals surface area contributed by atoms with Crippen LogP contribution in [0, 0.1) is 12.3 Å². The van der Waals surface area contributed by atoms with E-state index in [2.05, 4.69) is 29.6 Å². The minimum atomic E-state index is -0.477. The molecule has 1 fully saturated rings.